The molecule has 0 aromatic rings. The van der Waals surface area contributed by atoms with Crippen molar-refractivity contribution in [2.75, 3.05) is 11.5 Å². The number of thiocarbonyl (C=S) groups is 1. The smallest absolute Gasteiger partial charge is 0.373 e. The van der Waals surface area contributed by atoms with E-state index in [1.807, 2.05) is 6.92 Å². The molecule has 0 spiro atoms. The molecule has 0 amide bonds. The number of carbonyl (C=O) groups excluding carboxylic acids is 2. The van der Waals surface area contributed by atoms with Gasteiger partial charge in [-0.15, -0.1) is 23.5 Å². The number of carbonyl (C=O) groups is 1. The molecule has 0 bridgehead atoms. The summed E-state index contributed by atoms with van der Waals surface area (Å²) in [4.78, 5) is 26.7. The molecule has 0 heterocycles. The van der Waals surface area contributed by atoms with Crippen LogP contribution in [0.2, 0.25) is 0 Å². The van der Waals surface area contributed by atoms with Crippen LogP contribution in [0.5, 0.6) is 0 Å². The van der Waals surface area contributed by atoms with Crippen LogP contribution in [0.4, 0.5) is 0 Å². The lowest BCUT2D eigenvalue weighted by molar-refractivity contribution is -0.191. The van der Waals surface area contributed by atoms with E-state index in [0.717, 1.165) is 9.28 Å². The Bertz CT molecular complexity index is 375. The van der Waals surface area contributed by atoms with Crippen molar-refractivity contribution in [2.24, 2.45) is 5.41 Å². The molecule has 0 aliphatic carbocycles. The van der Waals surface area contributed by atoms with Crippen molar-refractivity contribution in [2.45, 2.75) is 26.7 Å². The fourth-order valence-corrected chi connectivity index (χ4v) is 3.20. The van der Waals surface area contributed by atoms with Gasteiger partial charge >= 0.3 is 12.1 Å². The number of nitriles is 1. The Labute approximate surface area is 126 Å². The topological polar surface area (TPSA) is 95.2 Å². The number of aliphatic carboxylic acids is 1. The van der Waals surface area contributed by atoms with Gasteiger partial charge in [-0.05, 0) is 19.1 Å². The van der Waals surface area contributed by atoms with E-state index in [9.17, 15) is 4.79 Å². The molecule has 0 radical (unpaired) electrons. The SMILES string of the molecule is CCSC(=S)SCC(C)(C#N)CCC(=O)O.O=C=O. The Morgan fingerprint density at radius 1 is 1.42 bits per heavy atom. The standard InChI is InChI=1S/C10H15NO2S3.CO2/c1-3-15-9(14)16-7-10(2,6-11)5-4-8(12)13;2-1-3/h3-5,7H2,1-2H3,(H,12,13);. The van der Waals surface area contributed by atoms with Crippen molar-refractivity contribution in [1.29, 1.82) is 5.26 Å². The highest BCUT2D eigenvalue weighted by molar-refractivity contribution is 8.47. The van der Waals surface area contributed by atoms with Gasteiger partial charge in [-0.1, -0.05) is 19.1 Å². The van der Waals surface area contributed by atoms with Crippen LogP contribution in [0.1, 0.15) is 26.7 Å². The quantitative estimate of drug-likeness (QED) is 0.746. The fourth-order valence-electron chi connectivity index (χ4n) is 0.921. The molecular weight excluding hydrogens is 306 g/mol. The average Bonchev–Trinajstić information content (AvgIpc) is 2.35. The van der Waals surface area contributed by atoms with Crippen LogP contribution < -0.4 is 0 Å². The minimum Gasteiger partial charge on any atom is -0.481 e. The zero-order chi connectivity index (χ0) is 15.3. The second-order valence-corrected chi connectivity index (χ2v) is 7.06. The molecule has 0 aliphatic rings. The normalized spacial score (nSPS) is 12.1. The molecule has 1 unspecified atom stereocenters. The van der Waals surface area contributed by atoms with Crippen LogP contribution in [0.3, 0.4) is 0 Å². The van der Waals surface area contributed by atoms with Crippen molar-refractivity contribution in [3.63, 3.8) is 0 Å². The summed E-state index contributed by atoms with van der Waals surface area (Å²) < 4.78 is 0.819. The second kappa shape index (κ2) is 12.2. The molecule has 0 saturated carbocycles. The van der Waals surface area contributed by atoms with Gasteiger partial charge in [0.2, 0.25) is 0 Å². The Morgan fingerprint density at radius 2 is 1.95 bits per heavy atom. The zero-order valence-electron chi connectivity index (χ0n) is 10.7. The van der Waals surface area contributed by atoms with E-state index in [0.29, 0.717) is 12.2 Å². The molecular formula is C11H15NO4S3. The molecule has 0 aromatic carbocycles. The zero-order valence-corrected chi connectivity index (χ0v) is 13.1. The summed E-state index contributed by atoms with van der Waals surface area (Å²) >= 11 is 8.14. The highest BCUT2D eigenvalue weighted by Gasteiger charge is 2.25. The maximum atomic E-state index is 10.5. The van der Waals surface area contributed by atoms with Gasteiger partial charge in [0.05, 0.1) is 11.5 Å². The number of hydrogen-bond donors (Lipinski definition) is 1. The van der Waals surface area contributed by atoms with Crippen molar-refractivity contribution >= 4 is 51.4 Å². The van der Waals surface area contributed by atoms with Crippen LogP contribution in [-0.4, -0.2) is 32.3 Å². The lowest BCUT2D eigenvalue weighted by Gasteiger charge is -2.19. The highest BCUT2D eigenvalue weighted by atomic mass is 32.2. The van der Waals surface area contributed by atoms with Gasteiger partial charge in [-0.25, -0.2) is 0 Å². The molecule has 5 nitrogen and oxygen atoms in total. The Balaban J connectivity index is 0. The Hall–Kier alpha value is -0.870. The van der Waals surface area contributed by atoms with Crippen molar-refractivity contribution < 1.29 is 19.5 Å². The largest absolute Gasteiger partial charge is 0.481 e. The Morgan fingerprint density at radius 3 is 2.32 bits per heavy atom. The fraction of sp³-hybridized carbons (Fsp3) is 0.636. The predicted octanol–water partition coefficient (Wildman–Crippen LogP) is 2.57. The summed E-state index contributed by atoms with van der Waals surface area (Å²) in [6.45, 7) is 3.80. The van der Waals surface area contributed by atoms with E-state index in [1.54, 1.807) is 18.7 Å². The van der Waals surface area contributed by atoms with E-state index in [1.165, 1.54) is 11.8 Å². The average molecular weight is 321 g/mol. The van der Waals surface area contributed by atoms with Crippen molar-refractivity contribution in [3.8, 4) is 6.07 Å². The Kier molecular flexibility index (Phi) is 13.1. The molecule has 0 saturated heterocycles. The van der Waals surface area contributed by atoms with Crippen LogP contribution in [0, 0.1) is 16.7 Å². The van der Waals surface area contributed by atoms with Gasteiger partial charge in [0.15, 0.2) is 0 Å². The molecule has 8 heteroatoms. The molecule has 19 heavy (non-hydrogen) atoms. The van der Waals surface area contributed by atoms with Gasteiger partial charge < -0.3 is 5.11 Å². The van der Waals surface area contributed by atoms with E-state index < -0.39 is 11.4 Å². The van der Waals surface area contributed by atoms with E-state index in [-0.39, 0.29) is 12.6 Å². The number of carboxylic acids is 1. The summed E-state index contributed by atoms with van der Waals surface area (Å²) in [5, 5.41) is 17.6. The lowest BCUT2D eigenvalue weighted by atomic mass is 9.89. The lowest BCUT2D eigenvalue weighted by Crippen LogP contribution is -2.19. The summed E-state index contributed by atoms with van der Waals surface area (Å²) in [5.74, 6) is 0.615. The number of thioether (sulfide) groups is 2. The molecule has 106 valence electrons. The van der Waals surface area contributed by atoms with Crippen LogP contribution in [0.25, 0.3) is 0 Å². The van der Waals surface area contributed by atoms with Crippen LogP contribution in [0.15, 0.2) is 0 Å². The third kappa shape index (κ3) is 13.4. The minimum absolute atomic E-state index is 0.0261. The summed E-state index contributed by atoms with van der Waals surface area (Å²) in [5.41, 5.74) is -0.610. The third-order valence-electron chi connectivity index (χ3n) is 1.93. The summed E-state index contributed by atoms with van der Waals surface area (Å²) in [7, 11) is 0. The third-order valence-corrected chi connectivity index (χ3v) is 4.89. The first-order valence-electron chi connectivity index (χ1n) is 5.27. The molecule has 0 fully saturated rings. The monoisotopic (exact) mass is 321 g/mol. The first-order chi connectivity index (χ1) is 8.85. The van der Waals surface area contributed by atoms with Gasteiger partial charge in [0, 0.05) is 12.2 Å². The van der Waals surface area contributed by atoms with E-state index >= 15 is 0 Å². The predicted molar refractivity (Wildman–Crippen MR) is 78.8 cm³/mol. The highest BCUT2D eigenvalue weighted by Crippen LogP contribution is 2.30. The maximum absolute atomic E-state index is 10.5. The summed E-state index contributed by atoms with van der Waals surface area (Å²) in [6.07, 6.45) is 0.642. The summed E-state index contributed by atoms with van der Waals surface area (Å²) in [6, 6.07) is 2.18. The molecule has 1 N–H and O–H groups in total. The number of carboxylic acid groups (broad SMARTS) is 1. The van der Waals surface area contributed by atoms with Crippen molar-refractivity contribution in [1.82, 2.24) is 0 Å². The van der Waals surface area contributed by atoms with Crippen LogP contribution in [-0.2, 0) is 14.4 Å². The first-order valence-corrected chi connectivity index (χ1v) is 7.65. The van der Waals surface area contributed by atoms with E-state index in [4.69, 9.17) is 32.2 Å². The van der Waals surface area contributed by atoms with Crippen LogP contribution >= 0.6 is 35.7 Å². The molecule has 0 aromatic heterocycles. The molecule has 1 atom stereocenters. The first kappa shape index (κ1) is 20.4. The van der Waals surface area contributed by atoms with Gasteiger partial charge in [-0.2, -0.15) is 14.9 Å². The van der Waals surface area contributed by atoms with Gasteiger partial charge in [-0.3, -0.25) is 4.79 Å². The minimum atomic E-state index is -0.864. The number of rotatable bonds is 6. The number of nitrogens with zero attached hydrogens (tertiary/aromatic N) is 1. The van der Waals surface area contributed by atoms with Gasteiger partial charge in [0.25, 0.3) is 0 Å². The van der Waals surface area contributed by atoms with Gasteiger partial charge in [0.1, 0.15) is 3.53 Å². The second-order valence-electron chi connectivity index (χ2n) is 3.62. The maximum Gasteiger partial charge on any atom is 0.373 e. The van der Waals surface area contributed by atoms with Crippen molar-refractivity contribution in [3.05, 3.63) is 0 Å². The number of hydrogen-bond acceptors (Lipinski definition) is 7. The molecule has 0 aliphatic heterocycles. The molecule has 0 rings (SSSR count). The van der Waals surface area contributed by atoms with E-state index in [2.05, 4.69) is 6.07 Å².